The lowest BCUT2D eigenvalue weighted by molar-refractivity contribution is -0.00934. The molecule has 1 aromatic rings. The van der Waals surface area contributed by atoms with Crippen LogP contribution < -0.4 is 4.90 Å². The molecule has 0 atom stereocenters. The Bertz CT molecular complexity index is 385. The van der Waals surface area contributed by atoms with Gasteiger partial charge in [-0.25, -0.2) is 4.98 Å². The first-order valence-electron chi connectivity index (χ1n) is 5.50. The third kappa shape index (κ3) is 1.70. The second-order valence-electron chi connectivity index (χ2n) is 4.66. The molecule has 2 heterocycles. The Balaban J connectivity index is 1.62. The minimum Gasteiger partial charge on any atom is -0.386 e. The van der Waals surface area contributed by atoms with Crippen molar-refractivity contribution in [1.29, 1.82) is 0 Å². The Labute approximate surface area is 98.2 Å². The zero-order valence-electron chi connectivity index (χ0n) is 9.22. The first-order valence-corrected chi connectivity index (χ1v) is 6.27. The van der Waals surface area contributed by atoms with E-state index >= 15 is 0 Å². The molecule has 1 aliphatic carbocycles. The van der Waals surface area contributed by atoms with Gasteiger partial charge in [0, 0.05) is 18.6 Å². The maximum atomic E-state index is 10.2. The molecule has 1 N–H and O–H groups in total. The number of hydrogen-bond donors (Lipinski definition) is 1. The molecule has 3 rings (SSSR count). The molecule has 1 saturated heterocycles. The molecule has 2 fully saturated rings. The predicted molar refractivity (Wildman–Crippen MR) is 60.5 cm³/mol. The number of methoxy groups -OCH3 is 1. The van der Waals surface area contributed by atoms with E-state index in [1.165, 1.54) is 24.4 Å². The monoisotopic (exact) mass is 241 g/mol. The standard InChI is InChI=1S/C10H15N3O2S/c1-15-4-8-11-9(16-12-8)13-5-10(14,6-13)7-2-3-7/h7,14H,2-6H2,1H3. The Morgan fingerprint density at radius 1 is 1.56 bits per heavy atom. The van der Waals surface area contributed by atoms with Crippen molar-refractivity contribution in [3.63, 3.8) is 0 Å². The van der Waals surface area contributed by atoms with Crippen LogP contribution in [0, 0.1) is 5.92 Å². The third-order valence-corrected chi connectivity index (χ3v) is 4.08. The van der Waals surface area contributed by atoms with Crippen molar-refractivity contribution in [2.75, 3.05) is 25.1 Å². The van der Waals surface area contributed by atoms with Crippen molar-refractivity contribution in [1.82, 2.24) is 9.36 Å². The second-order valence-corrected chi connectivity index (χ2v) is 5.39. The lowest BCUT2D eigenvalue weighted by atomic mass is 9.89. The van der Waals surface area contributed by atoms with Crippen LogP contribution in [0.2, 0.25) is 0 Å². The highest BCUT2D eigenvalue weighted by Crippen LogP contribution is 2.45. The molecule has 16 heavy (non-hydrogen) atoms. The van der Waals surface area contributed by atoms with Crippen LogP contribution in [0.1, 0.15) is 18.7 Å². The number of ether oxygens (including phenoxy) is 1. The summed E-state index contributed by atoms with van der Waals surface area (Å²) in [5, 5.41) is 11.1. The summed E-state index contributed by atoms with van der Waals surface area (Å²) in [6.07, 6.45) is 2.35. The first-order chi connectivity index (χ1) is 7.71. The molecule has 2 aliphatic rings. The SMILES string of the molecule is COCc1nsc(N2CC(O)(C3CC3)C2)n1. The van der Waals surface area contributed by atoms with Gasteiger partial charge in [0.15, 0.2) is 5.82 Å². The Morgan fingerprint density at radius 2 is 2.31 bits per heavy atom. The van der Waals surface area contributed by atoms with Crippen LogP contribution in [0.4, 0.5) is 5.13 Å². The molecule has 5 nitrogen and oxygen atoms in total. The van der Waals surface area contributed by atoms with Crippen molar-refractivity contribution in [3.8, 4) is 0 Å². The van der Waals surface area contributed by atoms with Crippen molar-refractivity contribution in [2.45, 2.75) is 25.0 Å². The largest absolute Gasteiger partial charge is 0.386 e. The van der Waals surface area contributed by atoms with Crippen molar-refractivity contribution in [2.24, 2.45) is 5.92 Å². The van der Waals surface area contributed by atoms with Crippen LogP contribution in [0.25, 0.3) is 0 Å². The van der Waals surface area contributed by atoms with Crippen LogP contribution in [0.15, 0.2) is 0 Å². The second kappa shape index (κ2) is 3.65. The summed E-state index contributed by atoms with van der Waals surface area (Å²) in [7, 11) is 1.64. The molecular weight excluding hydrogens is 226 g/mol. The van der Waals surface area contributed by atoms with Gasteiger partial charge in [0.05, 0.1) is 13.1 Å². The smallest absolute Gasteiger partial charge is 0.205 e. The minimum absolute atomic E-state index is 0.451. The molecule has 0 spiro atoms. The third-order valence-electron chi connectivity index (χ3n) is 3.27. The summed E-state index contributed by atoms with van der Waals surface area (Å²) in [6.45, 7) is 1.87. The molecule has 1 aromatic heterocycles. The van der Waals surface area contributed by atoms with Crippen LogP contribution >= 0.6 is 11.5 Å². The van der Waals surface area contributed by atoms with Crippen molar-refractivity contribution in [3.05, 3.63) is 5.82 Å². The molecule has 1 saturated carbocycles. The van der Waals surface area contributed by atoms with E-state index in [0.29, 0.717) is 25.6 Å². The van der Waals surface area contributed by atoms with Gasteiger partial charge in [-0.15, -0.1) is 0 Å². The molecular formula is C10H15N3O2S. The summed E-state index contributed by atoms with van der Waals surface area (Å²) in [4.78, 5) is 6.46. The van der Waals surface area contributed by atoms with Gasteiger partial charge in [-0.3, -0.25) is 0 Å². The highest BCUT2D eigenvalue weighted by molar-refractivity contribution is 7.09. The number of β-amino-alcohol motifs (C(OH)–C–C–N with tert-alkyl or cyclic N) is 1. The highest BCUT2D eigenvalue weighted by atomic mass is 32.1. The van der Waals surface area contributed by atoms with Gasteiger partial charge in [-0.1, -0.05) is 0 Å². The number of nitrogens with zero attached hydrogens (tertiary/aromatic N) is 3. The summed E-state index contributed by atoms with van der Waals surface area (Å²) in [5.41, 5.74) is -0.451. The van der Waals surface area contributed by atoms with Crippen molar-refractivity contribution < 1.29 is 9.84 Å². The van der Waals surface area contributed by atoms with E-state index in [4.69, 9.17) is 4.74 Å². The van der Waals surface area contributed by atoms with E-state index in [1.807, 2.05) is 0 Å². The maximum absolute atomic E-state index is 10.2. The van der Waals surface area contributed by atoms with E-state index in [1.54, 1.807) is 7.11 Å². The molecule has 0 aromatic carbocycles. The normalized spacial score (nSPS) is 23.2. The minimum atomic E-state index is -0.451. The molecule has 0 bridgehead atoms. The van der Waals surface area contributed by atoms with Crippen LogP contribution in [-0.2, 0) is 11.3 Å². The molecule has 0 unspecified atom stereocenters. The van der Waals surface area contributed by atoms with Gasteiger partial charge in [0.2, 0.25) is 5.13 Å². The van der Waals surface area contributed by atoms with E-state index in [-0.39, 0.29) is 0 Å². The Morgan fingerprint density at radius 3 is 2.94 bits per heavy atom. The Kier molecular flexibility index (Phi) is 2.38. The average molecular weight is 241 g/mol. The number of rotatable bonds is 4. The summed E-state index contributed by atoms with van der Waals surface area (Å²) < 4.78 is 9.17. The van der Waals surface area contributed by atoms with Crippen molar-refractivity contribution >= 4 is 16.7 Å². The summed E-state index contributed by atoms with van der Waals surface area (Å²) in [5.74, 6) is 1.25. The van der Waals surface area contributed by atoms with Crippen LogP contribution in [0.3, 0.4) is 0 Å². The van der Waals surface area contributed by atoms with Gasteiger partial charge < -0.3 is 14.7 Å². The lowest BCUT2D eigenvalue weighted by Gasteiger charge is -2.46. The molecule has 88 valence electrons. The van der Waals surface area contributed by atoms with Gasteiger partial charge in [0.25, 0.3) is 0 Å². The molecule has 6 heteroatoms. The fourth-order valence-corrected chi connectivity index (χ4v) is 2.86. The zero-order valence-corrected chi connectivity index (χ0v) is 10.0. The zero-order chi connectivity index (χ0) is 11.2. The fraction of sp³-hybridized carbons (Fsp3) is 0.800. The van der Waals surface area contributed by atoms with E-state index in [0.717, 1.165) is 11.0 Å². The summed E-state index contributed by atoms with van der Waals surface area (Å²) >= 11 is 1.38. The van der Waals surface area contributed by atoms with E-state index in [9.17, 15) is 5.11 Å². The van der Waals surface area contributed by atoms with Gasteiger partial charge >= 0.3 is 0 Å². The number of aliphatic hydroxyl groups is 1. The predicted octanol–water partition coefficient (Wildman–Crippen LogP) is 0.646. The highest BCUT2D eigenvalue weighted by Gasteiger charge is 2.52. The number of hydrogen-bond acceptors (Lipinski definition) is 6. The quantitative estimate of drug-likeness (QED) is 0.838. The number of aromatic nitrogens is 2. The lowest BCUT2D eigenvalue weighted by Crippen LogP contribution is -2.63. The molecule has 1 aliphatic heterocycles. The van der Waals surface area contributed by atoms with E-state index < -0.39 is 5.60 Å². The van der Waals surface area contributed by atoms with E-state index in [2.05, 4.69) is 14.3 Å². The molecule has 0 radical (unpaired) electrons. The molecule has 0 amide bonds. The van der Waals surface area contributed by atoms with Gasteiger partial charge in [-0.2, -0.15) is 4.37 Å². The average Bonchev–Trinajstić information content (AvgIpc) is 2.97. The first kappa shape index (κ1) is 10.4. The van der Waals surface area contributed by atoms with Crippen LogP contribution in [0.5, 0.6) is 0 Å². The van der Waals surface area contributed by atoms with Gasteiger partial charge in [0.1, 0.15) is 12.2 Å². The topological polar surface area (TPSA) is 58.5 Å². The number of anilines is 1. The maximum Gasteiger partial charge on any atom is 0.205 e. The summed E-state index contributed by atoms with van der Waals surface area (Å²) in [6, 6.07) is 0. The Hall–Kier alpha value is -0.720. The van der Waals surface area contributed by atoms with Crippen LogP contribution in [-0.4, -0.2) is 40.3 Å². The van der Waals surface area contributed by atoms with Gasteiger partial charge in [-0.05, 0) is 18.8 Å². The fourth-order valence-electron chi connectivity index (χ4n) is 2.19.